The van der Waals surface area contributed by atoms with E-state index < -0.39 is 6.10 Å². The number of rotatable bonds is 4. The van der Waals surface area contributed by atoms with Crippen molar-refractivity contribution in [2.75, 3.05) is 32.9 Å². The highest BCUT2D eigenvalue weighted by Crippen LogP contribution is 2.17. The lowest BCUT2D eigenvalue weighted by molar-refractivity contribution is -0.0437. The average Bonchev–Trinajstić information content (AvgIpc) is 2.48. The van der Waals surface area contributed by atoms with Gasteiger partial charge < -0.3 is 14.9 Å². The molecule has 1 aromatic carbocycles. The molecular formula is C14H18N2O3. The minimum Gasteiger partial charge on any atom is -0.395 e. The molecule has 0 bridgehead atoms. The van der Waals surface area contributed by atoms with Crippen LogP contribution in [-0.2, 0) is 4.74 Å². The van der Waals surface area contributed by atoms with E-state index in [2.05, 4.69) is 0 Å². The number of aliphatic hydroxyl groups is 2. The fourth-order valence-electron chi connectivity index (χ4n) is 2.21. The van der Waals surface area contributed by atoms with Gasteiger partial charge in [-0.2, -0.15) is 5.26 Å². The zero-order chi connectivity index (χ0) is 13.7. The second-order valence-corrected chi connectivity index (χ2v) is 4.66. The molecule has 1 aliphatic heterocycles. The summed E-state index contributed by atoms with van der Waals surface area (Å²) in [5.41, 5.74) is 1.36. The van der Waals surface area contributed by atoms with Crippen molar-refractivity contribution in [3.8, 4) is 6.07 Å². The molecule has 102 valence electrons. The third kappa shape index (κ3) is 3.52. The Kier molecular flexibility index (Phi) is 4.88. The number of morpholine rings is 1. The fourth-order valence-corrected chi connectivity index (χ4v) is 2.21. The van der Waals surface area contributed by atoms with Gasteiger partial charge in [0.1, 0.15) is 0 Å². The second-order valence-electron chi connectivity index (χ2n) is 4.66. The van der Waals surface area contributed by atoms with Gasteiger partial charge in [-0.05, 0) is 17.7 Å². The van der Waals surface area contributed by atoms with E-state index in [1.165, 1.54) is 0 Å². The molecule has 1 aliphatic rings. The van der Waals surface area contributed by atoms with E-state index in [0.717, 1.165) is 5.56 Å². The number of hydrogen-bond acceptors (Lipinski definition) is 5. The average molecular weight is 262 g/mol. The zero-order valence-electron chi connectivity index (χ0n) is 10.7. The topological polar surface area (TPSA) is 76.7 Å². The predicted molar refractivity (Wildman–Crippen MR) is 69.4 cm³/mol. The molecule has 1 fully saturated rings. The van der Waals surface area contributed by atoms with E-state index in [1.807, 2.05) is 11.0 Å². The molecule has 1 aromatic rings. The first-order chi connectivity index (χ1) is 9.24. The first kappa shape index (κ1) is 14.0. The summed E-state index contributed by atoms with van der Waals surface area (Å²) < 4.78 is 5.30. The maximum absolute atomic E-state index is 10.2. The summed E-state index contributed by atoms with van der Waals surface area (Å²) in [4.78, 5) is 2.03. The highest BCUT2D eigenvalue weighted by Gasteiger charge is 2.24. The van der Waals surface area contributed by atoms with E-state index in [0.29, 0.717) is 31.9 Å². The van der Waals surface area contributed by atoms with Crippen LogP contribution < -0.4 is 0 Å². The summed E-state index contributed by atoms with van der Waals surface area (Å²) in [6.45, 7) is 2.31. The van der Waals surface area contributed by atoms with Gasteiger partial charge in [-0.1, -0.05) is 12.1 Å². The van der Waals surface area contributed by atoms with Gasteiger partial charge >= 0.3 is 0 Å². The van der Waals surface area contributed by atoms with Crippen LogP contribution in [0.2, 0.25) is 0 Å². The highest BCUT2D eigenvalue weighted by atomic mass is 16.5. The first-order valence-electron chi connectivity index (χ1n) is 6.35. The number of benzene rings is 1. The molecule has 2 atom stereocenters. The third-order valence-corrected chi connectivity index (χ3v) is 3.39. The van der Waals surface area contributed by atoms with Crippen LogP contribution in [0.25, 0.3) is 0 Å². The van der Waals surface area contributed by atoms with Gasteiger partial charge in [0, 0.05) is 13.1 Å². The Morgan fingerprint density at radius 1 is 1.42 bits per heavy atom. The number of ether oxygens (including phenoxy) is 1. The van der Waals surface area contributed by atoms with Crippen molar-refractivity contribution >= 4 is 0 Å². The quantitative estimate of drug-likeness (QED) is 0.815. The molecule has 5 nitrogen and oxygen atoms in total. The molecule has 0 radical (unpaired) electrons. The van der Waals surface area contributed by atoms with E-state index in [1.54, 1.807) is 24.3 Å². The molecule has 0 aliphatic carbocycles. The Hall–Kier alpha value is -1.45. The molecule has 0 aromatic heterocycles. The lowest BCUT2D eigenvalue weighted by atomic mass is 10.1. The number of aliphatic hydroxyl groups excluding tert-OH is 2. The fraction of sp³-hybridized carbons (Fsp3) is 0.500. The van der Waals surface area contributed by atoms with Crippen LogP contribution in [0.15, 0.2) is 24.3 Å². The van der Waals surface area contributed by atoms with E-state index in [-0.39, 0.29) is 12.6 Å². The Bertz CT molecular complexity index is 441. The van der Waals surface area contributed by atoms with Crippen LogP contribution in [0.5, 0.6) is 0 Å². The Morgan fingerprint density at radius 2 is 2.16 bits per heavy atom. The first-order valence-corrected chi connectivity index (χ1v) is 6.35. The molecule has 0 saturated carbocycles. The number of hydrogen-bond donors (Lipinski definition) is 2. The summed E-state index contributed by atoms with van der Waals surface area (Å²) in [5.74, 6) is 0. The number of β-amino-alcohol motifs (C(OH)–C–C–N with tert-alkyl or cyclic N) is 1. The van der Waals surface area contributed by atoms with Crippen molar-refractivity contribution in [3.63, 3.8) is 0 Å². The summed E-state index contributed by atoms with van der Waals surface area (Å²) >= 11 is 0. The Labute approximate surface area is 112 Å². The van der Waals surface area contributed by atoms with Crippen molar-refractivity contribution in [1.82, 2.24) is 4.90 Å². The van der Waals surface area contributed by atoms with Crippen molar-refractivity contribution in [3.05, 3.63) is 35.4 Å². The zero-order valence-corrected chi connectivity index (χ0v) is 10.7. The lowest BCUT2D eigenvalue weighted by Gasteiger charge is -2.35. The van der Waals surface area contributed by atoms with Crippen LogP contribution in [0.3, 0.4) is 0 Å². The Balaban J connectivity index is 1.99. The largest absolute Gasteiger partial charge is 0.395 e. The van der Waals surface area contributed by atoms with Crippen LogP contribution in [-0.4, -0.2) is 54.1 Å². The second kappa shape index (κ2) is 6.64. The molecule has 1 heterocycles. The van der Waals surface area contributed by atoms with Crippen LogP contribution in [0.4, 0.5) is 0 Å². The maximum atomic E-state index is 10.2. The molecule has 2 N–H and O–H groups in total. The minimum atomic E-state index is -0.625. The maximum Gasteiger partial charge on any atom is 0.0991 e. The summed E-state index contributed by atoms with van der Waals surface area (Å²) in [5, 5.41) is 28.2. The van der Waals surface area contributed by atoms with Crippen molar-refractivity contribution in [2.45, 2.75) is 12.1 Å². The molecule has 19 heavy (non-hydrogen) atoms. The molecule has 5 heteroatoms. The third-order valence-electron chi connectivity index (χ3n) is 3.39. The summed E-state index contributed by atoms with van der Waals surface area (Å²) in [6, 6.07) is 8.91. The molecule has 2 unspecified atom stereocenters. The summed E-state index contributed by atoms with van der Waals surface area (Å²) in [6.07, 6.45) is -0.625. The molecular weight excluding hydrogens is 244 g/mol. The van der Waals surface area contributed by atoms with Gasteiger partial charge in [-0.25, -0.2) is 0 Å². The minimum absolute atomic E-state index is 0.0279. The van der Waals surface area contributed by atoms with Gasteiger partial charge in [-0.15, -0.1) is 0 Å². The molecule has 0 amide bonds. The van der Waals surface area contributed by atoms with Gasteiger partial charge in [0.25, 0.3) is 0 Å². The van der Waals surface area contributed by atoms with Gasteiger partial charge in [0.05, 0.1) is 43.6 Å². The van der Waals surface area contributed by atoms with Gasteiger partial charge in [0.2, 0.25) is 0 Å². The number of nitrogens with zero attached hydrogens (tertiary/aromatic N) is 2. The van der Waals surface area contributed by atoms with E-state index in [9.17, 15) is 10.2 Å². The predicted octanol–water partition coefficient (Wildman–Crippen LogP) is 0.285. The lowest BCUT2D eigenvalue weighted by Crippen LogP contribution is -2.48. The highest BCUT2D eigenvalue weighted by molar-refractivity contribution is 5.32. The van der Waals surface area contributed by atoms with Crippen LogP contribution >= 0.6 is 0 Å². The van der Waals surface area contributed by atoms with E-state index in [4.69, 9.17) is 10.00 Å². The van der Waals surface area contributed by atoms with Crippen LogP contribution in [0, 0.1) is 11.3 Å². The van der Waals surface area contributed by atoms with E-state index >= 15 is 0 Å². The Morgan fingerprint density at radius 3 is 2.79 bits per heavy atom. The molecule has 2 rings (SSSR count). The van der Waals surface area contributed by atoms with Crippen molar-refractivity contribution in [1.29, 1.82) is 5.26 Å². The van der Waals surface area contributed by atoms with Crippen molar-refractivity contribution < 1.29 is 14.9 Å². The van der Waals surface area contributed by atoms with Crippen LogP contribution in [0.1, 0.15) is 17.2 Å². The summed E-state index contributed by atoms with van der Waals surface area (Å²) in [7, 11) is 0. The molecule has 1 saturated heterocycles. The van der Waals surface area contributed by atoms with Crippen molar-refractivity contribution in [2.24, 2.45) is 0 Å². The van der Waals surface area contributed by atoms with Gasteiger partial charge in [-0.3, -0.25) is 4.90 Å². The van der Waals surface area contributed by atoms with Gasteiger partial charge in [0.15, 0.2) is 0 Å². The SMILES string of the molecule is N#Cc1ccc(C(O)CN2CCOCC2CO)cc1. The molecule has 0 spiro atoms. The smallest absolute Gasteiger partial charge is 0.0991 e. The standard InChI is InChI=1S/C14H18N2O3/c15-7-11-1-3-12(4-2-11)14(18)8-16-5-6-19-10-13(16)9-17/h1-4,13-14,17-18H,5-6,8-10H2. The monoisotopic (exact) mass is 262 g/mol. The normalized spacial score (nSPS) is 21.8. The number of nitriles is 1.